The van der Waals surface area contributed by atoms with Gasteiger partial charge in [-0.05, 0) is 25.2 Å². The van der Waals surface area contributed by atoms with Gasteiger partial charge in [-0.1, -0.05) is 31.2 Å². The Bertz CT molecular complexity index is 120. The van der Waals surface area contributed by atoms with Gasteiger partial charge in [-0.25, -0.2) is 0 Å². The highest BCUT2D eigenvalue weighted by Crippen LogP contribution is 2.09. The molecule has 0 heterocycles. The largest absolute Gasteiger partial charge is 0.0882 e. The van der Waals surface area contributed by atoms with Crippen molar-refractivity contribution in [2.75, 3.05) is 0 Å². The van der Waals surface area contributed by atoms with Gasteiger partial charge in [-0.15, -0.1) is 0 Å². The van der Waals surface area contributed by atoms with Gasteiger partial charge in [0.2, 0.25) is 0 Å². The number of rotatable bonds is 0. The lowest BCUT2D eigenvalue weighted by molar-refractivity contribution is 0.730. The van der Waals surface area contributed by atoms with Crippen LogP contribution in [0.1, 0.15) is 26.2 Å². The summed E-state index contributed by atoms with van der Waals surface area (Å²) in [6.45, 7) is 2.26. The maximum absolute atomic E-state index is 2.31. The summed E-state index contributed by atoms with van der Waals surface area (Å²) in [5.74, 6) is 0.751. The highest BCUT2D eigenvalue weighted by atomic mass is 14.0. The second kappa shape index (κ2) is 3.49. The quantitative estimate of drug-likeness (QED) is 0.433. The first-order valence-corrected chi connectivity index (χ1v) is 3.71. The molecule has 1 rings (SSSR count). The third-order valence-corrected chi connectivity index (χ3v) is 1.64. The van der Waals surface area contributed by atoms with Crippen LogP contribution in [0.3, 0.4) is 0 Å². The molecule has 0 amide bonds. The van der Waals surface area contributed by atoms with Crippen LogP contribution in [-0.4, -0.2) is 0 Å². The van der Waals surface area contributed by atoms with E-state index < -0.39 is 0 Å². The van der Waals surface area contributed by atoms with E-state index in [0.717, 1.165) is 5.92 Å². The minimum absolute atomic E-state index is 0.751. The van der Waals surface area contributed by atoms with E-state index in [0.29, 0.717) is 0 Å². The first kappa shape index (κ1) is 6.60. The summed E-state index contributed by atoms with van der Waals surface area (Å²) >= 11 is 0. The summed E-state index contributed by atoms with van der Waals surface area (Å²) < 4.78 is 0. The molecule has 1 aliphatic carbocycles. The molecule has 0 N–H and O–H groups in total. The average Bonchev–Trinajstić information content (AvgIpc) is 1.79. The molecule has 0 fully saturated rings. The Morgan fingerprint density at radius 3 is 2.78 bits per heavy atom. The molecule has 0 unspecified atom stereocenters. The van der Waals surface area contributed by atoms with Gasteiger partial charge in [0.05, 0.1) is 0 Å². The molecular formula is C9H14. The van der Waals surface area contributed by atoms with Crippen molar-refractivity contribution in [2.24, 2.45) is 5.92 Å². The van der Waals surface area contributed by atoms with Crippen LogP contribution in [0.4, 0.5) is 0 Å². The van der Waals surface area contributed by atoms with E-state index in [4.69, 9.17) is 0 Å². The Morgan fingerprint density at radius 2 is 1.89 bits per heavy atom. The molecule has 50 valence electrons. The summed E-state index contributed by atoms with van der Waals surface area (Å²) in [7, 11) is 0. The van der Waals surface area contributed by atoms with Gasteiger partial charge in [-0.3, -0.25) is 0 Å². The predicted molar refractivity (Wildman–Crippen MR) is 41.3 cm³/mol. The van der Waals surface area contributed by atoms with Gasteiger partial charge in [-0.2, -0.15) is 0 Å². The summed E-state index contributed by atoms with van der Waals surface area (Å²) in [6, 6.07) is 0. The Balaban J connectivity index is 2.40. The molecule has 1 aliphatic rings. The Hall–Kier alpha value is -0.520. The highest BCUT2D eigenvalue weighted by Gasteiger charge is 1.93. The monoisotopic (exact) mass is 122 g/mol. The number of allylic oxidation sites excluding steroid dienone is 4. The van der Waals surface area contributed by atoms with Crippen molar-refractivity contribution in [2.45, 2.75) is 26.2 Å². The zero-order valence-corrected chi connectivity index (χ0v) is 6.01. The van der Waals surface area contributed by atoms with Gasteiger partial charge in [0, 0.05) is 0 Å². The van der Waals surface area contributed by atoms with Crippen LogP contribution in [0.2, 0.25) is 0 Å². The molecule has 0 heteroatoms. The van der Waals surface area contributed by atoms with Crippen molar-refractivity contribution >= 4 is 0 Å². The standard InChI is InChI=1S/C9H14/c1-9-7-5-3-2-4-6-8-9/h3,5-6,8-9H,2,4,7H2,1H3/t9-/m0/s1. The molecule has 0 aromatic carbocycles. The fourth-order valence-electron chi connectivity index (χ4n) is 1.03. The summed E-state index contributed by atoms with van der Waals surface area (Å²) in [4.78, 5) is 0. The SMILES string of the molecule is C[C@@H]1C=CCCC=CC1. The van der Waals surface area contributed by atoms with Crippen LogP contribution in [0.15, 0.2) is 24.3 Å². The fraction of sp³-hybridized carbons (Fsp3) is 0.556. The molecule has 0 aromatic heterocycles. The minimum Gasteiger partial charge on any atom is -0.0882 e. The zero-order chi connectivity index (χ0) is 6.53. The molecule has 0 saturated heterocycles. The maximum atomic E-state index is 2.31. The van der Waals surface area contributed by atoms with Gasteiger partial charge >= 0.3 is 0 Å². The van der Waals surface area contributed by atoms with Crippen molar-refractivity contribution in [1.29, 1.82) is 0 Å². The zero-order valence-electron chi connectivity index (χ0n) is 6.01. The molecule has 0 radical (unpaired) electrons. The number of hydrogen-bond acceptors (Lipinski definition) is 0. The van der Waals surface area contributed by atoms with Crippen LogP contribution < -0.4 is 0 Å². The lowest BCUT2D eigenvalue weighted by Gasteiger charge is -2.02. The summed E-state index contributed by atoms with van der Waals surface area (Å²) in [5, 5.41) is 0. The van der Waals surface area contributed by atoms with Crippen molar-refractivity contribution in [3.63, 3.8) is 0 Å². The second-order valence-corrected chi connectivity index (χ2v) is 2.69. The smallest absolute Gasteiger partial charge is 0.0227 e. The minimum atomic E-state index is 0.751. The molecule has 0 spiro atoms. The Morgan fingerprint density at radius 1 is 1.11 bits per heavy atom. The van der Waals surface area contributed by atoms with Gasteiger partial charge < -0.3 is 0 Å². The molecule has 0 aromatic rings. The van der Waals surface area contributed by atoms with E-state index >= 15 is 0 Å². The van der Waals surface area contributed by atoms with E-state index in [1.165, 1.54) is 19.3 Å². The fourth-order valence-corrected chi connectivity index (χ4v) is 1.03. The number of hydrogen-bond donors (Lipinski definition) is 0. The molecule has 9 heavy (non-hydrogen) atoms. The van der Waals surface area contributed by atoms with E-state index in [-0.39, 0.29) is 0 Å². The van der Waals surface area contributed by atoms with E-state index in [9.17, 15) is 0 Å². The molecule has 0 nitrogen and oxygen atoms in total. The second-order valence-electron chi connectivity index (χ2n) is 2.69. The van der Waals surface area contributed by atoms with Crippen LogP contribution in [0, 0.1) is 5.92 Å². The first-order valence-electron chi connectivity index (χ1n) is 3.71. The van der Waals surface area contributed by atoms with E-state index in [2.05, 4.69) is 31.2 Å². The lowest BCUT2D eigenvalue weighted by atomic mass is 10.0. The summed E-state index contributed by atoms with van der Waals surface area (Å²) in [5.41, 5.74) is 0. The topological polar surface area (TPSA) is 0 Å². The molecule has 1 atom stereocenters. The first-order chi connectivity index (χ1) is 4.39. The van der Waals surface area contributed by atoms with Crippen molar-refractivity contribution in [3.05, 3.63) is 24.3 Å². The maximum Gasteiger partial charge on any atom is -0.0227 e. The van der Waals surface area contributed by atoms with Crippen LogP contribution in [0.25, 0.3) is 0 Å². The Labute approximate surface area is 57.3 Å². The van der Waals surface area contributed by atoms with E-state index in [1.807, 2.05) is 0 Å². The predicted octanol–water partition coefficient (Wildman–Crippen LogP) is 2.92. The van der Waals surface area contributed by atoms with Crippen LogP contribution >= 0.6 is 0 Å². The highest BCUT2D eigenvalue weighted by molar-refractivity contribution is 4.96. The van der Waals surface area contributed by atoms with Gasteiger partial charge in [0.25, 0.3) is 0 Å². The van der Waals surface area contributed by atoms with Crippen molar-refractivity contribution in [3.8, 4) is 0 Å². The third-order valence-electron chi connectivity index (χ3n) is 1.64. The normalized spacial score (nSPS) is 27.4. The van der Waals surface area contributed by atoms with Gasteiger partial charge in [0.15, 0.2) is 0 Å². The van der Waals surface area contributed by atoms with Gasteiger partial charge in [0.1, 0.15) is 0 Å². The van der Waals surface area contributed by atoms with Crippen molar-refractivity contribution < 1.29 is 0 Å². The molecule has 0 saturated carbocycles. The third kappa shape index (κ3) is 2.50. The molecule has 0 aliphatic heterocycles. The summed E-state index contributed by atoms with van der Waals surface area (Å²) in [6.07, 6.45) is 12.8. The average molecular weight is 122 g/mol. The molecule has 0 bridgehead atoms. The molecular weight excluding hydrogens is 108 g/mol. The van der Waals surface area contributed by atoms with Crippen molar-refractivity contribution in [1.82, 2.24) is 0 Å². The van der Waals surface area contributed by atoms with E-state index in [1.54, 1.807) is 0 Å². The van der Waals surface area contributed by atoms with Crippen LogP contribution in [0.5, 0.6) is 0 Å². The lowest BCUT2D eigenvalue weighted by Crippen LogP contribution is -1.87. The Kier molecular flexibility index (Phi) is 2.56. The van der Waals surface area contributed by atoms with Crippen LogP contribution in [-0.2, 0) is 0 Å².